The summed E-state index contributed by atoms with van der Waals surface area (Å²) in [5, 5.41) is 17.6. The van der Waals surface area contributed by atoms with Crippen LogP contribution in [0.15, 0.2) is 41.3 Å². The number of nitriles is 2. The Morgan fingerprint density at radius 2 is 1.93 bits per heavy atom. The lowest BCUT2D eigenvalue weighted by Gasteiger charge is -1.92. The number of pyridine rings is 1. The molecule has 0 bridgehead atoms. The molecule has 0 N–H and O–H groups in total. The smallest absolute Gasteiger partial charge is 0.147 e. The van der Waals surface area contributed by atoms with Crippen LogP contribution in [0.2, 0.25) is 0 Å². The molecular weight excluding hydrogens is 176 g/mol. The fourth-order valence-electron chi connectivity index (χ4n) is 0.801. The lowest BCUT2D eigenvalue weighted by Crippen LogP contribution is -2.01. The molecule has 1 heterocycles. The van der Waals surface area contributed by atoms with Gasteiger partial charge in [0.25, 0.3) is 0 Å². The molecule has 0 saturated heterocycles. The van der Waals surface area contributed by atoms with Crippen LogP contribution in [0, 0.1) is 22.7 Å². The second kappa shape index (κ2) is 4.64. The first-order valence-electron chi connectivity index (χ1n) is 3.93. The largest absolute Gasteiger partial charge is 0.357 e. The number of nitrogens with zero attached hydrogens (tertiary/aromatic N) is 4. The van der Waals surface area contributed by atoms with Gasteiger partial charge in [-0.05, 0) is 12.1 Å². The predicted octanol–water partition coefficient (Wildman–Crippen LogP) is 0.857. The molecule has 14 heavy (non-hydrogen) atoms. The molecule has 0 spiro atoms. The summed E-state index contributed by atoms with van der Waals surface area (Å²) in [5.74, 6) is 0. The van der Waals surface area contributed by atoms with Gasteiger partial charge in [-0.1, -0.05) is 0 Å². The normalized spacial score (nSPS) is 8.21. The molecule has 4 nitrogen and oxygen atoms in total. The van der Waals surface area contributed by atoms with E-state index < -0.39 is 0 Å². The minimum atomic E-state index is -0.00164. The van der Waals surface area contributed by atoms with Gasteiger partial charge in [-0.25, -0.2) is 0 Å². The van der Waals surface area contributed by atoms with Crippen LogP contribution in [0.1, 0.15) is 0 Å². The molecule has 0 unspecified atom stereocenters. The number of rotatable bonds is 1. The Morgan fingerprint density at radius 1 is 1.36 bits per heavy atom. The van der Waals surface area contributed by atoms with Gasteiger partial charge in [0.15, 0.2) is 0 Å². The van der Waals surface area contributed by atoms with Gasteiger partial charge in [-0.15, -0.1) is 0 Å². The van der Waals surface area contributed by atoms with Crippen molar-refractivity contribution in [3.63, 3.8) is 0 Å². The Hall–Kier alpha value is -2.33. The molecule has 4 heteroatoms. The molecule has 0 atom stereocenters. The molecule has 0 aliphatic carbocycles. The summed E-state index contributed by atoms with van der Waals surface area (Å²) in [6.07, 6.45) is 4.94. The molecule has 1 aromatic rings. The standard InChI is InChI=1S/C10H8N4/c1-14-4-2-10(3-5-14)13-8-9(6-11)7-12/h2-5,8H,1H3. The topological polar surface area (TPSA) is 64.9 Å². The Labute approximate surface area is 81.7 Å². The van der Waals surface area contributed by atoms with Crippen LogP contribution in [0.4, 0.5) is 0 Å². The Bertz CT molecular complexity index is 458. The van der Waals surface area contributed by atoms with Crippen LogP contribution in [-0.4, -0.2) is 4.57 Å². The van der Waals surface area contributed by atoms with Gasteiger partial charge in [0.1, 0.15) is 17.7 Å². The highest BCUT2D eigenvalue weighted by Crippen LogP contribution is 1.87. The van der Waals surface area contributed by atoms with Crippen LogP contribution in [0.25, 0.3) is 0 Å². The van der Waals surface area contributed by atoms with E-state index in [2.05, 4.69) is 4.99 Å². The van der Waals surface area contributed by atoms with Crippen molar-refractivity contribution in [3.05, 3.63) is 41.7 Å². The molecule has 0 fully saturated rings. The van der Waals surface area contributed by atoms with Gasteiger partial charge in [0.05, 0.1) is 11.6 Å². The van der Waals surface area contributed by atoms with Crippen molar-refractivity contribution in [2.45, 2.75) is 0 Å². The molecule has 1 rings (SSSR count). The Balaban J connectivity index is 3.03. The van der Waals surface area contributed by atoms with Crippen molar-refractivity contribution in [2.75, 3.05) is 0 Å². The molecule has 0 radical (unpaired) electrons. The summed E-state index contributed by atoms with van der Waals surface area (Å²) in [7, 11) is 1.90. The van der Waals surface area contributed by atoms with E-state index in [4.69, 9.17) is 10.5 Å². The van der Waals surface area contributed by atoms with E-state index in [-0.39, 0.29) is 5.57 Å². The molecule has 0 aliphatic heterocycles. The van der Waals surface area contributed by atoms with Crippen molar-refractivity contribution in [1.82, 2.24) is 4.57 Å². The number of aryl methyl sites for hydroxylation is 1. The number of hydrogen-bond donors (Lipinski definition) is 0. The van der Waals surface area contributed by atoms with Crippen LogP contribution >= 0.6 is 0 Å². The molecule has 68 valence electrons. The Kier molecular flexibility index (Phi) is 3.23. The first-order valence-corrected chi connectivity index (χ1v) is 3.93. The zero-order valence-electron chi connectivity index (χ0n) is 7.68. The third kappa shape index (κ3) is 2.62. The highest BCUT2D eigenvalue weighted by atomic mass is 14.9. The minimum Gasteiger partial charge on any atom is -0.357 e. The maximum absolute atomic E-state index is 8.44. The van der Waals surface area contributed by atoms with E-state index in [1.165, 1.54) is 6.20 Å². The summed E-state index contributed by atoms with van der Waals surface area (Å²) < 4.78 is 1.87. The van der Waals surface area contributed by atoms with Crippen molar-refractivity contribution < 1.29 is 0 Å². The zero-order valence-corrected chi connectivity index (χ0v) is 7.68. The predicted molar refractivity (Wildman–Crippen MR) is 50.3 cm³/mol. The second-order valence-corrected chi connectivity index (χ2v) is 2.62. The molecule has 0 amide bonds. The average molecular weight is 184 g/mol. The van der Waals surface area contributed by atoms with E-state index >= 15 is 0 Å². The molecule has 1 aromatic heterocycles. The average Bonchev–Trinajstić information content (AvgIpc) is 2.22. The van der Waals surface area contributed by atoms with E-state index in [0.29, 0.717) is 5.36 Å². The van der Waals surface area contributed by atoms with Gasteiger partial charge in [-0.2, -0.15) is 10.5 Å². The third-order valence-corrected chi connectivity index (χ3v) is 1.54. The highest BCUT2D eigenvalue weighted by molar-refractivity contribution is 5.34. The quantitative estimate of drug-likeness (QED) is 0.607. The molecule has 0 saturated carbocycles. The number of hydrogen-bond acceptors (Lipinski definition) is 3. The number of aromatic nitrogens is 1. The van der Waals surface area contributed by atoms with E-state index in [0.717, 1.165) is 0 Å². The van der Waals surface area contributed by atoms with Crippen molar-refractivity contribution in [3.8, 4) is 12.1 Å². The highest BCUT2D eigenvalue weighted by Gasteiger charge is 1.87. The van der Waals surface area contributed by atoms with E-state index in [1.54, 1.807) is 24.3 Å². The maximum Gasteiger partial charge on any atom is 0.147 e. The third-order valence-electron chi connectivity index (χ3n) is 1.54. The lowest BCUT2D eigenvalue weighted by atomic mass is 10.3. The molecule has 0 aromatic carbocycles. The van der Waals surface area contributed by atoms with Crippen molar-refractivity contribution >= 4 is 0 Å². The van der Waals surface area contributed by atoms with Crippen molar-refractivity contribution in [1.29, 1.82) is 10.5 Å². The minimum absolute atomic E-state index is 0.00164. The monoisotopic (exact) mass is 184 g/mol. The molecule has 0 aliphatic rings. The fraction of sp³-hybridized carbons (Fsp3) is 0.100. The van der Waals surface area contributed by atoms with Crippen LogP contribution in [-0.2, 0) is 7.05 Å². The van der Waals surface area contributed by atoms with Gasteiger partial charge in [0.2, 0.25) is 0 Å². The van der Waals surface area contributed by atoms with Crippen LogP contribution in [0.3, 0.4) is 0 Å². The lowest BCUT2D eigenvalue weighted by molar-refractivity contribution is 0.897. The summed E-state index contributed by atoms with van der Waals surface area (Å²) in [6, 6.07) is 7.06. The fourth-order valence-corrected chi connectivity index (χ4v) is 0.801. The zero-order chi connectivity index (χ0) is 10.4. The van der Waals surface area contributed by atoms with E-state index in [9.17, 15) is 0 Å². The number of allylic oxidation sites excluding steroid dienone is 1. The van der Waals surface area contributed by atoms with Gasteiger partial charge in [-0.3, -0.25) is 4.99 Å². The van der Waals surface area contributed by atoms with Crippen LogP contribution < -0.4 is 5.36 Å². The summed E-state index contributed by atoms with van der Waals surface area (Å²) in [6.45, 7) is 0. The summed E-state index contributed by atoms with van der Waals surface area (Å²) in [4.78, 5) is 3.97. The SMILES string of the molecule is Cn1ccc(=NC=C(C#N)C#N)cc1. The van der Waals surface area contributed by atoms with E-state index in [1.807, 2.05) is 24.0 Å². The van der Waals surface area contributed by atoms with Gasteiger partial charge in [0, 0.05) is 19.4 Å². The maximum atomic E-state index is 8.44. The van der Waals surface area contributed by atoms with Crippen LogP contribution in [0.5, 0.6) is 0 Å². The summed E-state index contributed by atoms with van der Waals surface area (Å²) >= 11 is 0. The summed E-state index contributed by atoms with van der Waals surface area (Å²) in [5.41, 5.74) is -0.00164. The first-order chi connectivity index (χ1) is 6.76. The Morgan fingerprint density at radius 3 is 2.43 bits per heavy atom. The first kappa shape index (κ1) is 9.76. The molecular formula is C10H8N4. The second-order valence-electron chi connectivity index (χ2n) is 2.62. The van der Waals surface area contributed by atoms with Crippen molar-refractivity contribution in [2.24, 2.45) is 12.0 Å². The van der Waals surface area contributed by atoms with Gasteiger partial charge < -0.3 is 4.57 Å². The van der Waals surface area contributed by atoms with Gasteiger partial charge >= 0.3 is 0 Å².